The number of aliphatic hydroxyl groups is 1. The Morgan fingerprint density at radius 2 is 1.95 bits per heavy atom. The van der Waals surface area contributed by atoms with Gasteiger partial charge in [-0.3, -0.25) is 4.79 Å². The van der Waals surface area contributed by atoms with Crippen LogP contribution in [-0.4, -0.2) is 35.1 Å². The highest BCUT2D eigenvalue weighted by Crippen LogP contribution is 2.17. The van der Waals surface area contributed by atoms with Crippen molar-refractivity contribution in [1.82, 2.24) is 4.98 Å². The van der Waals surface area contributed by atoms with E-state index in [-0.39, 0.29) is 12.3 Å². The number of aromatic nitrogens is 1. The van der Waals surface area contributed by atoms with E-state index in [9.17, 15) is 9.90 Å². The van der Waals surface area contributed by atoms with Gasteiger partial charge in [0.1, 0.15) is 0 Å². The largest absolute Gasteiger partial charge is 0.391 e. The Morgan fingerprint density at radius 3 is 2.50 bits per heavy atom. The number of hydrogen-bond donors (Lipinski definition) is 2. The lowest BCUT2D eigenvalue weighted by atomic mass is 10.1. The van der Waals surface area contributed by atoms with Crippen molar-refractivity contribution in [1.29, 1.82) is 0 Å². The Kier molecular flexibility index (Phi) is 5.39. The molecule has 4 nitrogen and oxygen atoms in total. The fourth-order valence-corrected chi connectivity index (χ4v) is 2.56. The minimum absolute atomic E-state index is 0.0639. The van der Waals surface area contributed by atoms with E-state index in [1.807, 2.05) is 62.1 Å². The summed E-state index contributed by atoms with van der Waals surface area (Å²) in [6.07, 6.45) is 0.224. The zero-order valence-electron chi connectivity index (χ0n) is 13.5. The first-order valence-corrected chi connectivity index (χ1v) is 7.68. The highest BCUT2D eigenvalue weighted by Gasteiger charge is 2.18. The van der Waals surface area contributed by atoms with Gasteiger partial charge in [-0.2, -0.15) is 0 Å². The van der Waals surface area contributed by atoms with Gasteiger partial charge in [0.2, 0.25) is 0 Å². The molecule has 0 amide bonds. The third kappa shape index (κ3) is 3.98. The molecule has 0 saturated carbocycles. The molecule has 22 heavy (non-hydrogen) atoms. The van der Waals surface area contributed by atoms with Crippen LogP contribution in [0.25, 0.3) is 0 Å². The number of carbonyl (C=O) groups excluding carboxylic acids is 1. The van der Waals surface area contributed by atoms with Gasteiger partial charge in [0.15, 0.2) is 5.78 Å². The van der Waals surface area contributed by atoms with Crippen molar-refractivity contribution in [3.8, 4) is 0 Å². The lowest BCUT2D eigenvalue weighted by Gasteiger charge is -2.26. The Hall–Kier alpha value is -2.07. The predicted octanol–water partition coefficient (Wildman–Crippen LogP) is 3.09. The quantitative estimate of drug-likeness (QED) is 0.773. The molecular weight excluding hydrogens is 276 g/mol. The summed E-state index contributed by atoms with van der Waals surface area (Å²) in [5, 5.41) is 9.97. The molecule has 0 aliphatic carbocycles. The van der Waals surface area contributed by atoms with Gasteiger partial charge >= 0.3 is 0 Å². The van der Waals surface area contributed by atoms with Gasteiger partial charge < -0.3 is 15.0 Å². The van der Waals surface area contributed by atoms with Crippen molar-refractivity contribution in [2.75, 3.05) is 18.0 Å². The standard InChI is InChI=1S/C18H24N2O2/c1-4-16(21)11-20(15-8-6-5-7-9-15)12-18(22)17-10-13(2)19-14(17)3/h5-10,16,19,21H,4,11-12H2,1-3H3. The number of ketones is 1. The molecule has 0 saturated heterocycles. The summed E-state index contributed by atoms with van der Waals surface area (Å²) in [6.45, 7) is 6.51. The van der Waals surface area contributed by atoms with Gasteiger partial charge in [-0.15, -0.1) is 0 Å². The van der Waals surface area contributed by atoms with E-state index in [1.165, 1.54) is 0 Å². The molecule has 118 valence electrons. The number of nitrogens with one attached hydrogen (secondary N) is 1. The van der Waals surface area contributed by atoms with E-state index in [0.717, 1.165) is 22.6 Å². The molecule has 1 unspecified atom stereocenters. The number of nitrogens with zero attached hydrogens (tertiary/aromatic N) is 1. The monoisotopic (exact) mass is 300 g/mol. The molecule has 0 radical (unpaired) electrons. The maximum atomic E-state index is 12.6. The van der Waals surface area contributed by atoms with Crippen LogP contribution >= 0.6 is 0 Å². The number of H-pyrrole nitrogens is 1. The number of aromatic amines is 1. The lowest BCUT2D eigenvalue weighted by molar-refractivity contribution is 0.0994. The predicted molar refractivity (Wildman–Crippen MR) is 89.6 cm³/mol. The number of aliphatic hydroxyl groups excluding tert-OH is 1. The summed E-state index contributed by atoms with van der Waals surface area (Å²) in [6, 6.07) is 11.6. The van der Waals surface area contributed by atoms with Crippen molar-refractivity contribution in [3.63, 3.8) is 0 Å². The molecule has 0 fully saturated rings. The zero-order chi connectivity index (χ0) is 16.1. The molecule has 0 aliphatic rings. The fourth-order valence-electron chi connectivity index (χ4n) is 2.56. The molecular formula is C18H24N2O2. The van der Waals surface area contributed by atoms with Crippen LogP contribution in [0.5, 0.6) is 0 Å². The van der Waals surface area contributed by atoms with E-state index in [2.05, 4.69) is 4.98 Å². The second kappa shape index (κ2) is 7.27. The van der Waals surface area contributed by atoms with E-state index in [0.29, 0.717) is 13.0 Å². The van der Waals surface area contributed by atoms with E-state index in [1.54, 1.807) is 0 Å². The van der Waals surface area contributed by atoms with Gasteiger partial charge in [-0.1, -0.05) is 25.1 Å². The van der Waals surface area contributed by atoms with Crippen LogP contribution < -0.4 is 4.90 Å². The summed E-state index contributed by atoms with van der Waals surface area (Å²) >= 11 is 0. The first-order valence-electron chi connectivity index (χ1n) is 7.68. The number of aryl methyl sites for hydroxylation is 2. The van der Waals surface area contributed by atoms with Crippen LogP contribution in [0, 0.1) is 13.8 Å². The molecule has 4 heteroatoms. The molecule has 0 spiro atoms. The Labute approximate surface area is 131 Å². The Balaban J connectivity index is 2.19. The molecule has 2 aromatic rings. The summed E-state index contributed by atoms with van der Waals surface area (Å²) in [5.41, 5.74) is 3.56. The Morgan fingerprint density at radius 1 is 1.27 bits per heavy atom. The van der Waals surface area contributed by atoms with Gasteiger partial charge in [0.05, 0.1) is 12.6 Å². The van der Waals surface area contributed by atoms with Crippen LogP contribution in [-0.2, 0) is 0 Å². The van der Waals surface area contributed by atoms with Gasteiger partial charge in [-0.05, 0) is 38.5 Å². The maximum Gasteiger partial charge on any atom is 0.183 e. The summed E-state index contributed by atoms with van der Waals surface area (Å²) in [5.74, 6) is 0.0639. The third-order valence-corrected chi connectivity index (χ3v) is 3.81. The van der Waals surface area contributed by atoms with Crippen molar-refractivity contribution >= 4 is 11.5 Å². The number of hydrogen-bond acceptors (Lipinski definition) is 3. The highest BCUT2D eigenvalue weighted by atomic mass is 16.3. The first-order chi connectivity index (χ1) is 10.5. The SMILES string of the molecule is CCC(O)CN(CC(=O)c1cc(C)[nH]c1C)c1ccccc1. The number of rotatable bonds is 7. The number of benzene rings is 1. The van der Waals surface area contributed by atoms with E-state index < -0.39 is 6.10 Å². The van der Waals surface area contributed by atoms with Crippen LogP contribution in [0.15, 0.2) is 36.4 Å². The molecule has 0 bridgehead atoms. The third-order valence-electron chi connectivity index (χ3n) is 3.81. The van der Waals surface area contributed by atoms with Gasteiger partial charge in [0, 0.05) is 29.2 Å². The van der Waals surface area contributed by atoms with Crippen LogP contribution in [0.3, 0.4) is 0 Å². The first kappa shape index (κ1) is 16.3. The molecule has 2 rings (SSSR count). The van der Waals surface area contributed by atoms with Crippen LogP contribution in [0.2, 0.25) is 0 Å². The summed E-state index contributed by atoms with van der Waals surface area (Å²) in [4.78, 5) is 17.7. The van der Waals surface area contributed by atoms with Gasteiger partial charge in [0.25, 0.3) is 0 Å². The molecule has 0 aliphatic heterocycles. The number of anilines is 1. The maximum absolute atomic E-state index is 12.6. The smallest absolute Gasteiger partial charge is 0.183 e. The number of carbonyl (C=O) groups is 1. The minimum atomic E-state index is -0.443. The zero-order valence-corrected chi connectivity index (χ0v) is 13.5. The molecule has 1 atom stereocenters. The second-order valence-electron chi connectivity index (χ2n) is 5.69. The minimum Gasteiger partial charge on any atom is -0.391 e. The van der Waals surface area contributed by atoms with Crippen molar-refractivity contribution in [3.05, 3.63) is 53.3 Å². The second-order valence-corrected chi connectivity index (χ2v) is 5.69. The highest BCUT2D eigenvalue weighted by molar-refractivity contribution is 6.00. The lowest BCUT2D eigenvalue weighted by Crippen LogP contribution is -2.36. The molecule has 1 heterocycles. The number of para-hydroxylation sites is 1. The molecule has 1 aromatic heterocycles. The van der Waals surface area contributed by atoms with Gasteiger partial charge in [-0.25, -0.2) is 0 Å². The molecule has 2 N–H and O–H groups in total. The average Bonchev–Trinajstić information content (AvgIpc) is 2.86. The van der Waals surface area contributed by atoms with Crippen molar-refractivity contribution in [2.24, 2.45) is 0 Å². The molecule has 1 aromatic carbocycles. The normalized spacial score (nSPS) is 12.2. The van der Waals surface area contributed by atoms with E-state index in [4.69, 9.17) is 0 Å². The topological polar surface area (TPSA) is 56.3 Å². The van der Waals surface area contributed by atoms with Crippen molar-refractivity contribution in [2.45, 2.75) is 33.3 Å². The fraction of sp³-hybridized carbons (Fsp3) is 0.389. The number of Topliss-reactive ketones (excluding diaryl/α,β-unsaturated/α-hetero) is 1. The van der Waals surface area contributed by atoms with Crippen molar-refractivity contribution < 1.29 is 9.90 Å². The summed E-state index contributed by atoms with van der Waals surface area (Å²) < 4.78 is 0. The van der Waals surface area contributed by atoms with Crippen LogP contribution in [0.1, 0.15) is 35.1 Å². The van der Waals surface area contributed by atoms with Crippen LogP contribution in [0.4, 0.5) is 5.69 Å². The van der Waals surface area contributed by atoms with E-state index >= 15 is 0 Å². The Bertz CT molecular complexity index is 619. The summed E-state index contributed by atoms with van der Waals surface area (Å²) in [7, 11) is 0. The average molecular weight is 300 g/mol.